The molecule has 1 aliphatic carbocycles. The molecule has 1 aromatic carbocycles. The summed E-state index contributed by atoms with van der Waals surface area (Å²) in [4.78, 5) is 19.2. The molecule has 0 saturated heterocycles. The lowest BCUT2D eigenvalue weighted by Crippen LogP contribution is -2.07. The van der Waals surface area contributed by atoms with E-state index in [0.29, 0.717) is 11.4 Å². The number of carboxylic acids is 1. The van der Waals surface area contributed by atoms with Crippen molar-refractivity contribution in [1.82, 2.24) is 9.97 Å². The van der Waals surface area contributed by atoms with Crippen LogP contribution in [0.3, 0.4) is 0 Å². The number of benzene rings is 1. The second-order valence-corrected chi connectivity index (χ2v) is 5.09. The second kappa shape index (κ2) is 3.77. The van der Waals surface area contributed by atoms with Gasteiger partial charge in [-0.2, -0.15) is 0 Å². The Labute approximate surface area is 106 Å². The number of fused-ring (bicyclic) bond motifs is 1. The lowest BCUT2D eigenvalue weighted by Gasteiger charge is -2.05. The molecule has 0 spiro atoms. The standard InChI is InChI=1S/C12H9BrN2O2/c13-7-3-4-8-9(5-7)14-11(12(16)17)15-10(8)6-1-2-6/h3-6H,1-2H2,(H,16,17). The van der Waals surface area contributed by atoms with Gasteiger partial charge in [-0.1, -0.05) is 15.9 Å². The number of hydrogen-bond donors (Lipinski definition) is 1. The van der Waals surface area contributed by atoms with Crippen molar-refractivity contribution in [2.45, 2.75) is 18.8 Å². The Balaban J connectivity index is 2.31. The molecule has 86 valence electrons. The van der Waals surface area contributed by atoms with Gasteiger partial charge in [0.05, 0.1) is 11.2 Å². The zero-order valence-electron chi connectivity index (χ0n) is 8.85. The summed E-state index contributed by atoms with van der Waals surface area (Å²) in [5.41, 5.74) is 1.56. The minimum atomic E-state index is -1.08. The predicted molar refractivity (Wildman–Crippen MR) is 66.2 cm³/mol. The van der Waals surface area contributed by atoms with E-state index in [1.165, 1.54) is 0 Å². The molecule has 0 unspecified atom stereocenters. The zero-order valence-corrected chi connectivity index (χ0v) is 10.4. The van der Waals surface area contributed by atoms with Gasteiger partial charge in [0.15, 0.2) is 0 Å². The lowest BCUT2D eigenvalue weighted by atomic mass is 10.1. The average molecular weight is 293 g/mol. The summed E-state index contributed by atoms with van der Waals surface area (Å²) in [5, 5.41) is 9.96. The first-order chi connectivity index (χ1) is 8.15. The molecule has 1 heterocycles. The van der Waals surface area contributed by atoms with E-state index in [1.807, 2.05) is 18.2 Å². The molecular weight excluding hydrogens is 284 g/mol. The molecule has 1 fully saturated rings. The number of aromatic nitrogens is 2. The lowest BCUT2D eigenvalue weighted by molar-refractivity contribution is 0.0683. The van der Waals surface area contributed by atoms with Gasteiger partial charge in [0.1, 0.15) is 0 Å². The number of aromatic carboxylic acids is 1. The van der Waals surface area contributed by atoms with Gasteiger partial charge >= 0.3 is 5.97 Å². The van der Waals surface area contributed by atoms with Gasteiger partial charge in [-0.15, -0.1) is 0 Å². The number of rotatable bonds is 2. The maximum Gasteiger partial charge on any atom is 0.373 e. The molecule has 1 saturated carbocycles. The van der Waals surface area contributed by atoms with Crippen molar-refractivity contribution in [2.75, 3.05) is 0 Å². The van der Waals surface area contributed by atoms with Gasteiger partial charge in [0, 0.05) is 15.8 Å². The maximum atomic E-state index is 11.0. The van der Waals surface area contributed by atoms with Gasteiger partial charge in [-0.3, -0.25) is 0 Å². The van der Waals surface area contributed by atoms with Crippen molar-refractivity contribution >= 4 is 32.8 Å². The van der Waals surface area contributed by atoms with E-state index in [1.54, 1.807) is 0 Å². The molecule has 5 heteroatoms. The molecule has 4 nitrogen and oxygen atoms in total. The van der Waals surface area contributed by atoms with Crippen LogP contribution in [0.1, 0.15) is 35.1 Å². The summed E-state index contributed by atoms with van der Waals surface area (Å²) in [6.07, 6.45) is 2.17. The van der Waals surface area contributed by atoms with Crippen molar-refractivity contribution in [2.24, 2.45) is 0 Å². The summed E-state index contributed by atoms with van der Waals surface area (Å²) in [6, 6.07) is 5.70. The van der Waals surface area contributed by atoms with Gasteiger partial charge in [-0.05, 0) is 31.0 Å². The van der Waals surface area contributed by atoms with Crippen LogP contribution < -0.4 is 0 Å². The van der Waals surface area contributed by atoms with Gasteiger partial charge in [0.25, 0.3) is 0 Å². The maximum absolute atomic E-state index is 11.0. The van der Waals surface area contributed by atoms with Crippen LogP contribution in [0.25, 0.3) is 10.9 Å². The largest absolute Gasteiger partial charge is 0.475 e. The summed E-state index contributed by atoms with van der Waals surface area (Å²) >= 11 is 3.36. The molecule has 0 atom stereocenters. The van der Waals surface area contributed by atoms with Crippen LogP contribution in [-0.4, -0.2) is 21.0 Å². The minimum absolute atomic E-state index is 0.113. The van der Waals surface area contributed by atoms with E-state index in [0.717, 1.165) is 28.4 Å². The van der Waals surface area contributed by atoms with E-state index in [9.17, 15) is 4.79 Å². The Hall–Kier alpha value is -1.49. The summed E-state index contributed by atoms with van der Waals surface area (Å²) in [5.74, 6) is -0.786. The SMILES string of the molecule is O=C(O)c1nc(C2CC2)c2ccc(Br)cc2n1. The molecule has 1 aromatic heterocycles. The minimum Gasteiger partial charge on any atom is -0.475 e. The van der Waals surface area contributed by atoms with Crippen molar-refractivity contribution in [3.63, 3.8) is 0 Å². The predicted octanol–water partition coefficient (Wildman–Crippen LogP) is 2.97. The molecule has 1 aliphatic rings. The number of carboxylic acid groups (broad SMARTS) is 1. The van der Waals surface area contributed by atoms with E-state index in [-0.39, 0.29) is 5.82 Å². The first-order valence-corrected chi connectivity index (χ1v) is 6.15. The van der Waals surface area contributed by atoms with Crippen molar-refractivity contribution in [3.05, 3.63) is 34.2 Å². The third kappa shape index (κ3) is 1.91. The molecule has 0 radical (unpaired) electrons. The first kappa shape index (κ1) is 10.7. The molecular formula is C12H9BrN2O2. The van der Waals surface area contributed by atoms with Crippen LogP contribution >= 0.6 is 15.9 Å². The van der Waals surface area contributed by atoms with Crippen molar-refractivity contribution < 1.29 is 9.90 Å². The highest BCUT2D eigenvalue weighted by atomic mass is 79.9. The van der Waals surface area contributed by atoms with Crippen LogP contribution in [-0.2, 0) is 0 Å². The third-order valence-electron chi connectivity index (χ3n) is 2.84. The Bertz CT molecular complexity index is 623. The van der Waals surface area contributed by atoms with E-state index >= 15 is 0 Å². The van der Waals surface area contributed by atoms with Crippen molar-refractivity contribution in [1.29, 1.82) is 0 Å². The summed E-state index contributed by atoms with van der Waals surface area (Å²) in [7, 11) is 0. The highest BCUT2D eigenvalue weighted by Crippen LogP contribution is 2.42. The highest BCUT2D eigenvalue weighted by molar-refractivity contribution is 9.10. The topological polar surface area (TPSA) is 63.1 Å². The molecule has 1 N–H and O–H groups in total. The number of halogens is 1. The second-order valence-electron chi connectivity index (χ2n) is 4.17. The van der Waals surface area contributed by atoms with Crippen LogP contribution in [0.2, 0.25) is 0 Å². The Morgan fingerprint density at radius 2 is 2.12 bits per heavy atom. The van der Waals surface area contributed by atoms with Crippen LogP contribution in [0.5, 0.6) is 0 Å². The third-order valence-corrected chi connectivity index (χ3v) is 3.34. The monoisotopic (exact) mass is 292 g/mol. The van der Waals surface area contributed by atoms with Crippen LogP contribution in [0.4, 0.5) is 0 Å². The quantitative estimate of drug-likeness (QED) is 0.924. The molecule has 0 amide bonds. The van der Waals surface area contributed by atoms with Gasteiger partial charge in [0.2, 0.25) is 5.82 Å². The Kier molecular flexibility index (Phi) is 2.36. The first-order valence-electron chi connectivity index (χ1n) is 5.35. The molecule has 3 rings (SSSR count). The van der Waals surface area contributed by atoms with Crippen molar-refractivity contribution in [3.8, 4) is 0 Å². The van der Waals surface area contributed by atoms with E-state index < -0.39 is 5.97 Å². The van der Waals surface area contributed by atoms with E-state index in [2.05, 4.69) is 25.9 Å². The molecule has 2 aromatic rings. The fourth-order valence-electron chi connectivity index (χ4n) is 1.89. The van der Waals surface area contributed by atoms with Gasteiger partial charge < -0.3 is 5.11 Å². The smallest absolute Gasteiger partial charge is 0.373 e. The normalized spacial score (nSPS) is 15.1. The van der Waals surface area contributed by atoms with Crippen LogP contribution in [0.15, 0.2) is 22.7 Å². The number of hydrogen-bond acceptors (Lipinski definition) is 3. The fourth-order valence-corrected chi connectivity index (χ4v) is 2.24. The Morgan fingerprint density at radius 1 is 1.35 bits per heavy atom. The summed E-state index contributed by atoms with van der Waals surface area (Å²) in [6.45, 7) is 0. The average Bonchev–Trinajstić information content (AvgIpc) is 3.10. The number of carbonyl (C=O) groups is 1. The fraction of sp³-hybridized carbons (Fsp3) is 0.250. The zero-order chi connectivity index (χ0) is 12.0. The molecule has 0 aliphatic heterocycles. The Morgan fingerprint density at radius 3 is 2.76 bits per heavy atom. The molecule has 17 heavy (non-hydrogen) atoms. The van der Waals surface area contributed by atoms with Gasteiger partial charge in [-0.25, -0.2) is 14.8 Å². The number of nitrogens with zero attached hydrogens (tertiary/aromatic N) is 2. The van der Waals surface area contributed by atoms with Crippen LogP contribution in [0, 0.1) is 0 Å². The van der Waals surface area contributed by atoms with E-state index in [4.69, 9.17) is 5.11 Å². The molecule has 0 bridgehead atoms. The summed E-state index contributed by atoms with van der Waals surface area (Å²) < 4.78 is 0.891. The highest BCUT2D eigenvalue weighted by Gasteiger charge is 2.28.